The van der Waals surface area contributed by atoms with Crippen LogP contribution >= 0.6 is 11.6 Å². The Morgan fingerprint density at radius 1 is 0.933 bits per heavy atom. The highest BCUT2D eigenvalue weighted by molar-refractivity contribution is 6.45. The molecule has 2 nitrogen and oxygen atoms in total. The number of hydrogen-bond donors (Lipinski definition) is 0. The van der Waals surface area contributed by atoms with E-state index >= 15 is 0 Å². The van der Waals surface area contributed by atoms with Crippen molar-refractivity contribution in [3.8, 4) is 0 Å². The van der Waals surface area contributed by atoms with Crippen LogP contribution in [0, 0.1) is 0 Å². The van der Waals surface area contributed by atoms with Crippen LogP contribution in [0.2, 0.25) is 6.32 Å². The van der Waals surface area contributed by atoms with Gasteiger partial charge in [-0.1, -0.05) is 12.8 Å². The Balaban J connectivity index is 2.30. The fourth-order valence-corrected chi connectivity index (χ4v) is 1.85. The fraction of sp³-hybridized carbons (Fsp3) is 1.00. The van der Waals surface area contributed by atoms with Gasteiger partial charge in [-0.15, -0.1) is 11.6 Å². The van der Waals surface area contributed by atoms with Gasteiger partial charge in [-0.25, -0.2) is 0 Å². The van der Waals surface area contributed by atoms with Crippen molar-refractivity contribution in [2.75, 3.05) is 5.88 Å². The zero-order valence-corrected chi connectivity index (χ0v) is 11.1. The van der Waals surface area contributed by atoms with Crippen molar-refractivity contribution in [2.45, 2.75) is 64.5 Å². The Morgan fingerprint density at radius 3 is 1.93 bits per heavy atom. The van der Waals surface area contributed by atoms with Crippen molar-refractivity contribution in [1.82, 2.24) is 0 Å². The first-order valence-corrected chi connectivity index (χ1v) is 6.34. The van der Waals surface area contributed by atoms with Gasteiger partial charge in [0.05, 0.1) is 11.2 Å². The maximum Gasteiger partial charge on any atom is 0.457 e. The molecular formula is C11H22BClO2. The second-order valence-electron chi connectivity index (χ2n) is 5.22. The van der Waals surface area contributed by atoms with Crippen LogP contribution in [0.3, 0.4) is 0 Å². The summed E-state index contributed by atoms with van der Waals surface area (Å²) in [4.78, 5) is 0. The first-order valence-electron chi connectivity index (χ1n) is 5.81. The standard InChI is InChI=1S/C11H22BClO2/c1-10(2)11(3,4)15-12(14-10)8-6-5-7-9-13/h5-9H2,1-4H3. The van der Waals surface area contributed by atoms with Crippen LogP contribution in [0.15, 0.2) is 0 Å². The molecule has 0 unspecified atom stereocenters. The molecule has 0 aliphatic carbocycles. The van der Waals surface area contributed by atoms with Crippen molar-refractivity contribution >= 4 is 18.7 Å². The third-order valence-electron chi connectivity index (χ3n) is 3.38. The summed E-state index contributed by atoms with van der Waals surface area (Å²) < 4.78 is 11.8. The van der Waals surface area contributed by atoms with Crippen LogP contribution in [0.5, 0.6) is 0 Å². The van der Waals surface area contributed by atoms with Gasteiger partial charge < -0.3 is 9.31 Å². The fourth-order valence-electron chi connectivity index (χ4n) is 1.67. The molecule has 0 N–H and O–H groups in total. The van der Waals surface area contributed by atoms with Crippen molar-refractivity contribution in [1.29, 1.82) is 0 Å². The van der Waals surface area contributed by atoms with Gasteiger partial charge in [0.1, 0.15) is 0 Å². The average molecular weight is 233 g/mol. The van der Waals surface area contributed by atoms with Crippen LogP contribution in [-0.4, -0.2) is 24.2 Å². The molecule has 1 aliphatic heterocycles. The molecular weight excluding hydrogens is 210 g/mol. The normalized spacial score (nSPS) is 23.4. The molecule has 88 valence electrons. The van der Waals surface area contributed by atoms with Gasteiger partial charge in [0.25, 0.3) is 0 Å². The highest BCUT2D eigenvalue weighted by Crippen LogP contribution is 2.38. The van der Waals surface area contributed by atoms with Crippen molar-refractivity contribution in [3.05, 3.63) is 0 Å². The van der Waals surface area contributed by atoms with E-state index in [1.54, 1.807) is 0 Å². The predicted octanol–water partition coefficient (Wildman–Crippen LogP) is 3.49. The van der Waals surface area contributed by atoms with E-state index in [4.69, 9.17) is 20.9 Å². The van der Waals surface area contributed by atoms with Gasteiger partial charge in [-0.05, 0) is 40.4 Å². The molecule has 0 amide bonds. The Bertz CT molecular complexity index is 191. The molecule has 1 aliphatic rings. The third kappa shape index (κ3) is 3.37. The lowest BCUT2D eigenvalue weighted by atomic mass is 9.82. The minimum atomic E-state index is -0.190. The van der Waals surface area contributed by atoms with Gasteiger partial charge in [0.2, 0.25) is 0 Å². The monoisotopic (exact) mass is 232 g/mol. The molecule has 4 heteroatoms. The van der Waals surface area contributed by atoms with Gasteiger partial charge >= 0.3 is 7.12 Å². The first-order chi connectivity index (χ1) is 6.89. The highest BCUT2D eigenvalue weighted by atomic mass is 35.5. The maximum atomic E-state index is 5.89. The number of rotatable bonds is 5. The topological polar surface area (TPSA) is 18.5 Å². The summed E-state index contributed by atoms with van der Waals surface area (Å²) >= 11 is 5.63. The zero-order chi connectivity index (χ0) is 11.5. The van der Waals surface area contributed by atoms with Crippen LogP contribution in [-0.2, 0) is 9.31 Å². The summed E-state index contributed by atoms with van der Waals surface area (Å²) in [6.07, 6.45) is 4.35. The summed E-state index contributed by atoms with van der Waals surface area (Å²) in [6.45, 7) is 8.36. The van der Waals surface area contributed by atoms with Gasteiger partial charge in [0.15, 0.2) is 0 Å². The molecule has 0 saturated carbocycles. The molecule has 0 radical (unpaired) electrons. The summed E-state index contributed by atoms with van der Waals surface area (Å²) in [6, 6.07) is 0. The molecule has 0 aromatic rings. The Morgan fingerprint density at radius 2 is 1.47 bits per heavy atom. The molecule has 0 aromatic carbocycles. The SMILES string of the molecule is CC1(C)OB(CCCCCCl)OC1(C)C. The zero-order valence-electron chi connectivity index (χ0n) is 10.3. The van der Waals surface area contributed by atoms with Crippen LogP contribution in [0.4, 0.5) is 0 Å². The lowest BCUT2D eigenvalue weighted by molar-refractivity contribution is 0.00578. The molecule has 1 saturated heterocycles. The van der Waals surface area contributed by atoms with E-state index < -0.39 is 0 Å². The summed E-state index contributed by atoms with van der Waals surface area (Å²) in [5.74, 6) is 0.753. The minimum absolute atomic E-state index is 0.0367. The number of halogens is 1. The molecule has 0 atom stereocenters. The third-order valence-corrected chi connectivity index (χ3v) is 3.64. The summed E-state index contributed by atoms with van der Waals surface area (Å²) in [5, 5.41) is 0. The quantitative estimate of drug-likeness (QED) is 0.410. The summed E-state index contributed by atoms with van der Waals surface area (Å²) in [7, 11) is -0.0367. The lowest BCUT2D eigenvalue weighted by Gasteiger charge is -2.32. The van der Waals surface area contributed by atoms with Gasteiger partial charge in [-0.2, -0.15) is 0 Å². The lowest BCUT2D eigenvalue weighted by Crippen LogP contribution is -2.41. The average Bonchev–Trinajstić information content (AvgIpc) is 2.30. The maximum absolute atomic E-state index is 5.89. The van der Waals surface area contributed by atoms with E-state index in [-0.39, 0.29) is 18.3 Å². The van der Waals surface area contributed by atoms with Crippen molar-refractivity contribution < 1.29 is 9.31 Å². The van der Waals surface area contributed by atoms with Crippen LogP contribution < -0.4 is 0 Å². The van der Waals surface area contributed by atoms with E-state index in [0.29, 0.717) is 0 Å². The van der Waals surface area contributed by atoms with E-state index in [9.17, 15) is 0 Å². The Hall–Kier alpha value is 0.275. The number of alkyl halides is 1. The Kier molecular flexibility index (Phi) is 4.51. The van der Waals surface area contributed by atoms with Crippen molar-refractivity contribution in [3.63, 3.8) is 0 Å². The molecule has 1 rings (SSSR count). The van der Waals surface area contributed by atoms with Gasteiger partial charge in [0, 0.05) is 5.88 Å². The predicted molar refractivity (Wildman–Crippen MR) is 65.5 cm³/mol. The smallest absolute Gasteiger partial charge is 0.403 e. The van der Waals surface area contributed by atoms with E-state index in [1.165, 1.54) is 0 Å². The second kappa shape index (κ2) is 5.07. The number of hydrogen-bond acceptors (Lipinski definition) is 2. The van der Waals surface area contributed by atoms with Crippen LogP contribution in [0.25, 0.3) is 0 Å². The number of unbranched alkanes of at least 4 members (excludes halogenated alkanes) is 2. The minimum Gasteiger partial charge on any atom is -0.403 e. The van der Waals surface area contributed by atoms with E-state index in [0.717, 1.165) is 31.5 Å². The highest BCUT2D eigenvalue weighted by Gasteiger charge is 2.50. The van der Waals surface area contributed by atoms with E-state index in [1.807, 2.05) is 0 Å². The second-order valence-corrected chi connectivity index (χ2v) is 5.60. The largest absolute Gasteiger partial charge is 0.457 e. The molecule has 1 fully saturated rings. The van der Waals surface area contributed by atoms with Crippen LogP contribution in [0.1, 0.15) is 47.0 Å². The molecule has 0 aromatic heterocycles. The Labute approximate surface area is 98.8 Å². The molecule has 0 spiro atoms. The van der Waals surface area contributed by atoms with Gasteiger partial charge in [-0.3, -0.25) is 0 Å². The van der Waals surface area contributed by atoms with Crippen molar-refractivity contribution in [2.24, 2.45) is 0 Å². The molecule has 1 heterocycles. The molecule has 15 heavy (non-hydrogen) atoms. The molecule has 0 bridgehead atoms. The first kappa shape index (κ1) is 13.3. The summed E-state index contributed by atoms with van der Waals surface area (Å²) in [5.41, 5.74) is -0.381. The van der Waals surface area contributed by atoms with E-state index in [2.05, 4.69) is 27.7 Å².